The first-order valence-corrected chi connectivity index (χ1v) is 7.04. The molecule has 1 heterocycles. The van der Waals surface area contributed by atoms with Gasteiger partial charge >= 0.3 is 0 Å². The molecule has 0 aliphatic carbocycles. The maximum atomic E-state index is 12.1. The predicted octanol–water partition coefficient (Wildman–Crippen LogP) is 3.22. The van der Waals surface area contributed by atoms with E-state index in [1.165, 1.54) is 0 Å². The van der Waals surface area contributed by atoms with Crippen molar-refractivity contribution in [1.82, 2.24) is 5.32 Å². The van der Waals surface area contributed by atoms with Crippen molar-refractivity contribution in [3.8, 4) is 0 Å². The van der Waals surface area contributed by atoms with Crippen LogP contribution in [-0.2, 0) is 0 Å². The molecule has 0 spiro atoms. The molecule has 0 saturated carbocycles. The average molecular weight is 271 g/mol. The smallest absolute Gasteiger partial charge is 0.259 e. The van der Waals surface area contributed by atoms with Crippen LogP contribution in [0.3, 0.4) is 0 Å². The molecule has 1 aliphatic heterocycles. The van der Waals surface area contributed by atoms with Crippen molar-refractivity contribution in [2.45, 2.75) is 24.0 Å². The maximum Gasteiger partial charge on any atom is 0.259 e. The van der Waals surface area contributed by atoms with Gasteiger partial charge in [-0.05, 0) is 17.5 Å². The molecule has 0 bridgehead atoms. The summed E-state index contributed by atoms with van der Waals surface area (Å²) in [5.41, 5.74) is 1.21. The zero-order valence-corrected chi connectivity index (χ0v) is 11.5. The van der Waals surface area contributed by atoms with E-state index in [1.54, 1.807) is 17.8 Å². The van der Waals surface area contributed by atoms with E-state index in [9.17, 15) is 9.59 Å². The number of hydrogen-bond acceptors (Lipinski definition) is 3. The van der Waals surface area contributed by atoms with Crippen molar-refractivity contribution in [2.75, 3.05) is 0 Å². The molecular weight excluding hydrogens is 258 g/mol. The highest BCUT2D eigenvalue weighted by Crippen LogP contribution is 2.35. The molecule has 2 aromatic carbocycles. The number of thioether (sulfide) groups is 1. The normalized spacial score (nSPS) is 14.1. The lowest BCUT2D eigenvalue weighted by Crippen LogP contribution is -2.35. The Bertz CT molecular complexity index is 707. The first kappa shape index (κ1) is 12.2. The van der Waals surface area contributed by atoms with Crippen LogP contribution in [0.5, 0.6) is 0 Å². The van der Waals surface area contributed by atoms with Crippen LogP contribution in [0.25, 0.3) is 10.8 Å². The third-order valence-electron chi connectivity index (χ3n) is 3.07. The van der Waals surface area contributed by atoms with Gasteiger partial charge in [0.2, 0.25) is 0 Å². The fourth-order valence-electron chi connectivity index (χ4n) is 2.36. The van der Waals surface area contributed by atoms with Gasteiger partial charge in [0.05, 0.1) is 5.56 Å². The number of benzene rings is 2. The average Bonchev–Trinajstić information content (AvgIpc) is 2.35. The summed E-state index contributed by atoms with van der Waals surface area (Å²) in [5.74, 6) is -0.604. The summed E-state index contributed by atoms with van der Waals surface area (Å²) < 4.78 is 0. The SMILES string of the molecule is CC(C)Sc1ccc2cccc3c2c1C(=O)NC3=O. The zero-order valence-electron chi connectivity index (χ0n) is 10.7. The molecule has 96 valence electrons. The van der Waals surface area contributed by atoms with Gasteiger partial charge in [0, 0.05) is 21.1 Å². The van der Waals surface area contributed by atoms with E-state index < -0.39 is 0 Å². The maximum absolute atomic E-state index is 12.1. The second-order valence-electron chi connectivity index (χ2n) is 4.79. The summed E-state index contributed by atoms with van der Waals surface area (Å²) in [6.07, 6.45) is 0. The highest BCUT2D eigenvalue weighted by atomic mass is 32.2. The van der Waals surface area contributed by atoms with Crippen LogP contribution in [0.15, 0.2) is 35.2 Å². The summed E-state index contributed by atoms with van der Waals surface area (Å²) in [7, 11) is 0. The van der Waals surface area contributed by atoms with E-state index in [1.807, 2.05) is 24.3 Å². The van der Waals surface area contributed by atoms with Gasteiger partial charge in [0.15, 0.2) is 0 Å². The van der Waals surface area contributed by atoms with Crippen molar-refractivity contribution < 1.29 is 9.59 Å². The third kappa shape index (κ3) is 1.92. The standard InChI is InChI=1S/C15H13NO2S/c1-8(2)19-11-7-6-9-4-3-5-10-12(9)13(11)15(18)16-14(10)17/h3-8H,1-2H3,(H,16,17,18). The lowest BCUT2D eigenvalue weighted by molar-refractivity contribution is 0.0843. The Morgan fingerprint density at radius 2 is 1.84 bits per heavy atom. The molecule has 0 unspecified atom stereocenters. The van der Waals surface area contributed by atoms with Gasteiger partial charge in [-0.3, -0.25) is 14.9 Å². The zero-order chi connectivity index (χ0) is 13.6. The Kier molecular flexibility index (Phi) is 2.82. The molecule has 2 aromatic rings. The summed E-state index contributed by atoms with van der Waals surface area (Å²) >= 11 is 1.64. The molecule has 0 saturated heterocycles. The Labute approximate surface area is 115 Å². The quantitative estimate of drug-likeness (QED) is 0.674. The van der Waals surface area contributed by atoms with Gasteiger partial charge in [0.25, 0.3) is 11.8 Å². The first-order chi connectivity index (χ1) is 9.08. The minimum atomic E-state index is -0.310. The molecule has 0 fully saturated rings. The Morgan fingerprint density at radius 1 is 1.05 bits per heavy atom. The molecular formula is C15H13NO2S. The topological polar surface area (TPSA) is 46.2 Å². The van der Waals surface area contributed by atoms with Gasteiger partial charge in [0.1, 0.15) is 0 Å². The van der Waals surface area contributed by atoms with Crippen LogP contribution < -0.4 is 5.32 Å². The monoisotopic (exact) mass is 271 g/mol. The summed E-state index contributed by atoms with van der Waals surface area (Å²) in [6.45, 7) is 4.17. The van der Waals surface area contributed by atoms with Gasteiger partial charge in [-0.1, -0.05) is 32.0 Å². The van der Waals surface area contributed by atoms with Crippen LogP contribution in [-0.4, -0.2) is 17.1 Å². The van der Waals surface area contributed by atoms with E-state index in [-0.39, 0.29) is 11.8 Å². The molecule has 4 heteroatoms. The molecule has 1 N–H and O–H groups in total. The van der Waals surface area contributed by atoms with E-state index in [0.717, 1.165) is 15.7 Å². The van der Waals surface area contributed by atoms with Crippen LogP contribution in [0.1, 0.15) is 34.6 Å². The molecule has 3 nitrogen and oxygen atoms in total. The molecule has 0 aromatic heterocycles. The number of amides is 2. The molecule has 19 heavy (non-hydrogen) atoms. The summed E-state index contributed by atoms with van der Waals surface area (Å²) in [4.78, 5) is 24.9. The molecule has 0 atom stereocenters. The number of hydrogen-bond donors (Lipinski definition) is 1. The number of imide groups is 1. The number of nitrogens with one attached hydrogen (secondary N) is 1. The highest BCUT2D eigenvalue weighted by molar-refractivity contribution is 8.00. The lowest BCUT2D eigenvalue weighted by Gasteiger charge is -2.20. The minimum Gasteiger partial charge on any atom is -0.288 e. The number of carbonyl (C=O) groups is 2. The van der Waals surface area contributed by atoms with Crippen molar-refractivity contribution in [1.29, 1.82) is 0 Å². The van der Waals surface area contributed by atoms with Crippen molar-refractivity contribution in [3.63, 3.8) is 0 Å². The minimum absolute atomic E-state index is 0.294. The van der Waals surface area contributed by atoms with E-state index >= 15 is 0 Å². The van der Waals surface area contributed by atoms with Gasteiger partial charge < -0.3 is 0 Å². The summed E-state index contributed by atoms with van der Waals surface area (Å²) in [6, 6.07) is 9.46. The Balaban J connectivity index is 2.37. The van der Waals surface area contributed by atoms with Crippen molar-refractivity contribution in [3.05, 3.63) is 41.5 Å². The van der Waals surface area contributed by atoms with Crippen LogP contribution in [0.2, 0.25) is 0 Å². The fraction of sp³-hybridized carbons (Fsp3) is 0.200. The molecule has 1 aliphatic rings. The summed E-state index contributed by atoms with van der Waals surface area (Å²) in [5, 5.41) is 4.51. The molecule has 0 radical (unpaired) electrons. The molecule has 2 amide bonds. The third-order valence-corrected chi connectivity index (χ3v) is 4.13. The van der Waals surface area contributed by atoms with Gasteiger partial charge in [-0.15, -0.1) is 11.8 Å². The number of rotatable bonds is 2. The predicted molar refractivity (Wildman–Crippen MR) is 76.7 cm³/mol. The second-order valence-corrected chi connectivity index (χ2v) is 6.41. The van der Waals surface area contributed by atoms with E-state index in [2.05, 4.69) is 19.2 Å². The van der Waals surface area contributed by atoms with Crippen LogP contribution in [0, 0.1) is 0 Å². The van der Waals surface area contributed by atoms with Crippen molar-refractivity contribution in [2.24, 2.45) is 0 Å². The largest absolute Gasteiger partial charge is 0.288 e. The Hall–Kier alpha value is -1.81. The van der Waals surface area contributed by atoms with Crippen LogP contribution >= 0.6 is 11.8 Å². The van der Waals surface area contributed by atoms with E-state index in [4.69, 9.17) is 0 Å². The highest BCUT2D eigenvalue weighted by Gasteiger charge is 2.27. The van der Waals surface area contributed by atoms with E-state index in [0.29, 0.717) is 16.4 Å². The number of carbonyl (C=O) groups excluding carboxylic acids is 2. The van der Waals surface area contributed by atoms with Gasteiger partial charge in [-0.2, -0.15) is 0 Å². The lowest BCUT2D eigenvalue weighted by atomic mass is 9.95. The Morgan fingerprint density at radius 3 is 2.58 bits per heavy atom. The first-order valence-electron chi connectivity index (χ1n) is 6.16. The van der Waals surface area contributed by atoms with Gasteiger partial charge in [-0.25, -0.2) is 0 Å². The van der Waals surface area contributed by atoms with Crippen molar-refractivity contribution >= 4 is 34.3 Å². The molecule has 3 rings (SSSR count). The second kappa shape index (κ2) is 4.38. The van der Waals surface area contributed by atoms with Crippen LogP contribution in [0.4, 0.5) is 0 Å². The fourth-order valence-corrected chi connectivity index (χ4v) is 3.33.